The Morgan fingerprint density at radius 1 is 1.59 bits per heavy atom. The predicted octanol–water partition coefficient (Wildman–Crippen LogP) is 1.86. The molecule has 4 heteroatoms. The smallest absolute Gasteiger partial charge is 0.253 e. The van der Waals surface area contributed by atoms with Crippen molar-refractivity contribution < 1.29 is 14.6 Å². The molecule has 2 rings (SSSR count). The van der Waals surface area contributed by atoms with Gasteiger partial charge in [0.15, 0.2) is 0 Å². The summed E-state index contributed by atoms with van der Waals surface area (Å²) >= 11 is 0. The Morgan fingerprint density at radius 2 is 2.41 bits per heavy atom. The molecule has 1 aromatic carbocycles. The third-order valence-corrected chi connectivity index (χ3v) is 2.86. The van der Waals surface area contributed by atoms with Crippen LogP contribution in [-0.4, -0.2) is 23.7 Å². The molecule has 1 fully saturated rings. The van der Waals surface area contributed by atoms with E-state index in [4.69, 9.17) is 4.74 Å². The molecule has 2 N–H and O–H groups in total. The molecule has 2 unspecified atom stereocenters. The third kappa shape index (κ3) is 3.05. The van der Waals surface area contributed by atoms with Crippen LogP contribution < -0.4 is 5.32 Å². The van der Waals surface area contributed by atoms with E-state index in [2.05, 4.69) is 5.32 Å². The molecule has 0 aliphatic carbocycles. The van der Waals surface area contributed by atoms with E-state index < -0.39 is 6.10 Å². The van der Waals surface area contributed by atoms with Crippen LogP contribution in [0.4, 0.5) is 5.69 Å². The van der Waals surface area contributed by atoms with Crippen LogP contribution in [0.1, 0.15) is 31.4 Å². The Labute approximate surface area is 101 Å². The molecule has 0 bridgehead atoms. The fourth-order valence-corrected chi connectivity index (χ4v) is 1.88. The third-order valence-electron chi connectivity index (χ3n) is 2.86. The summed E-state index contributed by atoms with van der Waals surface area (Å²) in [5.41, 5.74) is 1.49. The van der Waals surface area contributed by atoms with Gasteiger partial charge in [-0.2, -0.15) is 0 Å². The van der Waals surface area contributed by atoms with E-state index >= 15 is 0 Å². The summed E-state index contributed by atoms with van der Waals surface area (Å²) in [4.78, 5) is 11.8. The van der Waals surface area contributed by atoms with Crippen LogP contribution in [0.2, 0.25) is 0 Å². The number of aliphatic hydroxyl groups is 1. The number of nitrogens with one attached hydrogen (secondary N) is 1. The number of anilines is 1. The fourth-order valence-electron chi connectivity index (χ4n) is 1.88. The monoisotopic (exact) mass is 235 g/mol. The Balaban J connectivity index is 2.02. The van der Waals surface area contributed by atoms with Crippen molar-refractivity contribution in [2.45, 2.75) is 32.0 Å². The van der Waals surface area contributed by atoms with Gasteiger partial charge in [-0.15, -0.1) is 0 Å². The SMILES string of the molecule is CC(O)c1cccc(NC(=O)C2CCCO2)c1. The average molecular weight is 235 g/mol. The summed E-state index contributed by atoms with van der Waals surface area (Å²) in [6.45, 7) is 2.35. The minimum atomic E-state index is -0.533. The number of carbonyl (C=O) groups is 1. The van der Waals surface area contributed by atoms with Crippen molar-refractivity contribution in [3.63, 3.8) is 0 Å². The summed E-state index contributed by atoms with van der Waals surface area (Å²) in [7, 11) is 0. The van der Waals surface area contributed by atoms with E-state index in [1.54, 1.807) is 19.1 Å². The first-order chi connectivity index (χ1) is 8.16. The Morgan fingerprint density at radius 3 is 3.06 bits per heavy atom. The number of hydrogen-bond donors (Lipinski definition) is 2. The molecule has 0 saturated carbocycles. The van der Waals surface area contributed by atoms with Gasteiger partial charge in [0, 0.05) is 12.3 Å². The van der Waals surface area contributed by atoms with Crippen LogP contribution >= 0.6 is 0 Å². The van der Waals surface area contributed by atoms with Crippen molar-refractivity contribution in [2.75, 3.05) is 11.9 Å². The standard InChI is InChI=1S/C13H17NO3/c1-9(15)10-4-2-5-11(8-10)14-13(16)12-6-3-7-17-12/h2,4-5,8-9,12,15H,3,6-7H2,1H3,(H,14,16). The maximum atomic E-state index is 11.8. The molecule has 0 spiro atoms. The van der Waals surface area contributed by atoms with Crippen molar-refractivity contribution in [2.24, 2.45) is 0 Å². The molecule has 2 atom stereocenters. The van der Waals surface area contributed by atoms with Gasteiger partial charge >= 0.3 is 0 Å². The van der Waals surface area contributed by atoms with Crippen molar-refractivity contribution >= 4 is 11.6 Å². The molecule has 1 aliphatic heterocycles. The number of benzene rings is 1. The summed E-state index contributed by atoms with van der Waals surface area (Å²) in [6, 6.07) is 7.22. The first-order valence-electron chi connectivity index (χ1n) is 5.87. The highest BCUT2D eigenvalue weighted by Gasteiger charge is 2.23. The number of aliphatic hydroxyl groups excluding tert-OH is 1. The molecule has 0 aromatic heterocycles. The molecular formula is C13H17NO3. The van der Waals surface area contributed by atoms with Gasteiger partial charge in [0.05, 0.1) is 6.10 Å². The second-order valence-corrected chi connectivity index (χ2v) is 4.29. The molecule has 1 heterocycles. The van der Waals surface area contributed by atoms with Gasteiger partial charge in [0.1, 0.15) is 6.10 Å². The molecule has 1 aromatic rings. The number of hydrogen-bond acceptors (Lipinski definition) is 3. The van der Waals surface area contributed by atoms with Gasteiger partial charge in [-0.1, -0.05) is 12.1 Å². The van der Waals surface area contributed by atoms with Crippen LogP contribution in [0.25, 0.3) is 0 Å². The van der Waals surface area contributed by atoms with Gasteiger partial charge in [0.25, 0.3) is 5.91 Å². The zero-order chi connectivity index (χ0) is 12.3. The lowest BCUT2D eigenvalue weighted by Crippen LogP contribution is -2.26. The van der Waals surface area contributed by atoms with Crippen molar-refractivity contribution in [3.8, 4) is 0 Å². The molecule has 17 heavy (non-hydrogen) atoms. The van der Waals surface area contributed by atoms with E-state index in [0.717, 1.165) is 18.4 Å². The lowest BCUT2D eigenvalue weighted by atomic mass is 10.1. The van der Waals surface area contributed by atoms with E-state index in [1.165, 1.54) is 0 Å². The van der Waals surface area contributed by atoms with Crippen molar-refractivity contribution in [1.82, 2.24) is 0 Å². The summed E-state index contributed by atoms with van der Waals surface area (Å²) in [5.74, 6) is -0.106. The first-order valence-corrected chi connectivity index (χ1v) is 5.87. The van der Waals surface area contributed by atoms with Gasteiger partial charge in [-0.05, 0) is 37.5 Å². The number of rotatable bonds is 3. The minimum Gasteiger partial charge on any atom is -0.389 e. The highest BCUT2D eigenvalue weighted by atomic mass is 16.5. The highest BCUT2D eigenvalue weighted by Crippen LogP contribution is 2.19. The summed E-state index contributed by atoms with van der Waals surface area (Å²) in [5, 5.41) is 12.3. The highest BCUT2D eigenvalue weighted by molar-refractivity contribution is 5.94. The lowest BCUT2D eigenvalue weighted by molar-refractivity contribution is -0.124. The minimum absolute atomic E-state index is 0.106. The van der Waals surface area contributed by atoms with E-state index in [-0.39, 0.29) is 12.0 Å². The number of amides is 1. The van der Waals surface area contributed by atoms with E-state index in [0.29, 0.717) is 12.3 Å². The normalized spacial score (nSPS) is 21.2. The molecule has 1 aliphatic rings. The van der Waals surface area contributed by atoms with Gasteiger partial charge in [-0.25, -0.2) is 0 Å². The van der Waals surface area contributed by atoms with Crippen LogP contribution in [0.5, 0.6) is 0 Å². The quantitative estimate of drug-likeness (QED) is 0.840. The first kappa shape index (κ1) is 12.1. The average Bonchev–Trinajstić information content (AvgIpc) is 2.82. The molecule has 0 radical (unpaired) electrons. The van der Waals surface area contributed by atoms with E-state index in [9.17, 15) is 9.90 Å². The zero-order valence-corrected chi connectivity index (χ0v) is 9.85. The summed E-state index contributed by atoms with van der Waals surface area (Å²) in [6.07, 6.45) is 0.855. The fraction of sp³-hybridized carbons (Fsp3) is 0.462. The van der Waals surface area contributed by atoms with Crippen LogP contribution in [-0.2, 0) is 9.53 Å². The Bertz CT molecular complexity index is 397. The second-order valence-electron chi connectivity index (χ2n) is 4.29. The summed E-state index contributed by atoms with van der Waals surface area (Å²) < 4.78 is 5.30. The van der Waals surface area contributed by atoms with E-state index in [1.807, 2.05) is 12.1 Å². The Kier molecular flexibility index (Phi) is 3.76. The largest absolute Gasteiger partial charge is 0.389 e. The van der Waals surface area contributed by atoms with Crippen molar-refractivity contribution in [3.05, 3.63) is 29.8 Å². The molecule has 4 nitrogen and oxygen atoms in total. The maximum Gasteiger partial charge on any atom is 0.253 e. The maximum absolute atomic E-state index is 11.8. The second kappa shape index (κ2) is 5.29. The molecule has 1 amide bonds. The van der Waals surface area contributed by atoms with Gasteiger partial charge in [0.2, 0.25) is 0 Å². The molecule has 1 saturated heterocycles. The Hall–Kier alpha value is -1.39. The van der Waals surface area contributed by atoms with Crippen LogP contribution in [0, 0.1) is 0 Å². The van der Waals surface area contributed by atoms with Crippen LogP contribution in [0.15, 0.2) is 24.3 Å². The number of carbonyl (C=O) groups excluding carboxylic acids is 1. The van der Waals surface area contributed by atoms with Gasteiger partial charge in [-0.3, -0.25) is 4.79 Å². The molecular weight excluding hydrogens is 218 g/mol. The predicted molar refractivity (Wildman–Crippen MR) is 64.7 cm³/mol. The topological polar surface area (TPSA) is 58.6 Å². The van der Waals surface area contributed by atoms with Crippen LogP contribution in [0.3, 0.4) is 0 Å². The zero-order valence-electron chi connectivity index (χ0n) is 9.85. The molecule has 92 valence electrons. The van der Waals surface area contributed by atoms with Gasteiger partial charge < -0.3 is 15.2 Å². The number of ether oxygens (including phenoxy) is 1. The van der Waals surface area contributed by atoms with Crippen molar-refractivity contribution in [1.29, 1.82) is 0 Å². The lowest BCUT2D eigenvalue weighted by Gasteiger charge is -2.12.